The van der Waals surface area contributed by atoms with E-state index in [1.54, 1.807) is 24.3 Å². The fourth-order valence-corrected chi connectivity index (χ4v) is 6.29. The Labute approximate surface area is 215 Å². The molecule has 3 amide bonds. The maximum atomic E-state index is 14.1. The molecule has 3 aliphatic rings. The second kappa shape index (κ2) is 9.84. The third-order valence-electron chi connectivity index (χ3n) is 7.64. The number of amides is 3. The Balaban J connectivity index is 1.56. The molecule has 2 aromatic carbocycles. The van der Waals surface area contributed by atoms with Crippen molar-refractivity contribution in [2.24, 2.45) is 11.8 Å². The summed E-state index contributed by atoms with van der Waals surface area (Å²) in [5.74, 6) is -2.46. The van der Waals surface area contributed by atoms with Crippen molar-refractivity contribution in [3.63, 3.8) is 0 Å². The molecule has 2 bridgehead atoms. The van der Waals surface area contributed by atoms with Crippen LogP contribution >= 0.6 is 11.6 Å². The quantitative estimate of drug-likeness (QED) is 0.505. The zero-order valence-corrected chi connectivity index (χ0v) is 20.8. The number of aliphatic hydroxyl groups is 1. The van der Waals surface area contributed by atoms with E-state index in [2.05, 4.69) is 10.6 Å². The van der Waals surface area contributed by atoms with Gasteiger partial charge in [-0.05, 0) is 49.1 Å². The predicted octanol–water partition coefficient (Wildman–Crippen LogP) is 2.91. The van der Waals surface area contributed by atoms with Gasteiger partial charge in [0, 0.05) is 17.3 Å². The number of halogens is 1. The monoisotopic (exact) mass is 511 g/mol. The first-order valence-electron chi connectivity index (χ1n) is 12.4. The van der Waals surface area contributed by atoms with Gasteiger partial charge in [-0.1, -0.05) is 48.9 Å². The van der Waals surface area contributed by atoms with E-state index in [-0.39, 0.29) is 18.4 Å². The number of rotatable bonds is 8. The van der Waals surface area contributed by atoms with Gasteiger partial charge < -0.3 is 25.4 Å². The zero-order valence-electron chi connectivity index (χ0n) is 20.0. The number of hydrogen-bond donors (Lipinski definition) is 3. The van der Waals surface area contributed by atoms with Gasteiger partial charge in [-0.25, -0.2) is 0 Å². The molecular formula is C27H30ClN3O5. The van der Waals surface area contributed by atoms with E-state index >= 15 is 0 Å². The minimum atomic E-state index is -1.14. The topological polar surface area (TPSA) is 108 Å². The molecule has 0 aliphatic carbocycles. The van der Waals surface area contributed by atoms with Gasteiger partial charge in [-0.2, -0.15) is 0 Å². The fraction of sp³-hybridized carbons (Fsp3) is 0.444. The van der Waals surface area contributed by atoms with Crippen molar-refractivity contribution in [3.05, 3.63) is 65.2 Å². The molecule has 3 fully saturated rings. The van der Waals surface area contributed by atoms with Gasteiger partial charge >= 0.3 is 0 Å². The minimum Gasteiger partial charge on any atom is -0.394 e. The lowest BCUT2D eigenvalue weighted by Gasteiger charge is -2.36. The second-order valence-electron chi connectivity index (χ2n) is 9.70. The van der Waals surface area contributed by atoms with E-state index in [9.17, 15) is 19.5 Å². The number of aliphatic hydroxyl groups excluding tert-OH is 1. The lowest BCUT2D eigenvalue weighted by molar-refractivity contribution is -0.144. The van der Waals surface area contributed by atoms with Crippen molar-refractivity contribution in [3.8, 4) is 0 Å². The van der Waals surface area contributed by atoms with E-state index < -0.39 is 41.5 Å². The highest BCUT2D eigenvalue weighted by atomic mass is 35.5. The Morgan fingerprint density at radius 1 is 1.17 bits per heavy atom. The Morgan fingerprint density at radius 3 is 2.56 bits per heavy atom. The number of nitrogens with zero attached hydrogens (tertiary/aromatic N) is 1. The number of benzene rings is 2. The highest BCUT2D eigenvalue weighted by molar-refractivity contribution is 6.30. The number of carbonyl (C=O) groups is 3. The van der Waals surface area contributed by atoms with E-state index in [4.69, 9.17) is 16.3 Å². The molecule has 8 nitrogen and oxygen atoms in total. The Hall–Kier alpha value is -2.94. The number of hydrogen-bond acceptors (Lipinski definition) is 5. The molecule has 3 N–H and O–H groups in total. The second-order valence-corrected chi connectivity index (χ2v) is 10.1. The van der Waals surface area contributed by atoms with E-state index in [1.807, 2.05) is 37.3 Å². The summed E-state index contributed by atoms with van der Waals surface area (Å²) in [6.45, 7) is 2.09. The normalized spacial score (nSPS) is 29.2. The van der Waals surface area contributed by atoms with E-state index in [0.717, 1.165) is 6.42 Å². The molecule has 190 valence electrons. The van der Waals surface area contributed by atoms with Crippen LogP contribution in [0.5, 0.6) is 0 Å². The average molecular weight is 512 g/mol. The first-order valence-corrected chi connectivity index (χ1v) is 12.8. The largest absolute Gasteiger partial charge is 0.394 e. The molecule has 36 heavy (non-hydrogen) atoms. The van der Waals surface area contributed by atoms with Gasteiger partial charge in [0.05, 0.1) is 30.6 Å². The Morgan fingerprint density at radius 2 is 1.89 bits per heavy atom. The molecule has 6 atom stereocenters. The molecule has 0 aromatic heterocycles. The summed E-state index contributed by atoms with van der Waals surface area (Å²) in [7, 11) is 0. The number of fused-ring (bicyclic) bond motifs is 1. The number of anilines is 1. The van der Waals surface area contributed by atoms with Crippen LogP contribution in [0, 0.1) is 11.8 Å². The van der Waals surface area contributed by atoms with Gasteiger partial charge in [0.2, 0.25) is 17.7 Å². The number of likely N-dealkylation sites (tertiary alicyclic amines) is 1. The van der Waals surface area contributed by atoms with Crippen molar-refractivity contribution in [2.45, 2.75) is 50.0 Å². The van der Waals surface area contributed by atoms with Crippen molar-refractivity contribution < 1.29 is 24.2 Å². The van der Waals surface area contributed by atoms with Crippen LogP contribution in [-0.2, 0) is 19.1 Å². The molecular weight excluding hydrogens is 482 g/mol. The van der Waals surface area contributed by atoms with E-state index in [0.29, 0.717) is 35.7 Å². The van der Waals surface area contributed by atoms with Gasteiger partial charge in [0.1, 0.15) is 11.6 Å². The summed E-state index contributed by atoms with van der Waals surface area (Å²) in [6.07, 6.45) is 1.41. The zero-order chi connectivity index (χ0) is 25.4. The molecule has 3 heterocycles. The van der Waals surface area contributed by atoms with Crippen LogP contribution in [0.25, 0.3) is 0 Å². The van der Waals surface area contributed by atoms with Crippen LogP contribution in [0.4, 0.5) is 5.69 Å². The van der Waals surface area contributed by atoms with Crippen LogP contribution in [0.1, 0.15) is 37.8 Å². The highest BCUT2D eigenvalue weighted by Gasteiger charge is 2.75. The minimum absolute atomic E-state index is 0.222. The number of nitrogens with one attached hydrogen (secondary N) is 2. The van der Waals surface area contributed by atoms with Crippen molar-refractivity contribution in [1.82, 2.24) is 10.2 Å². The molecule has 3 saturated heterocycles. The predicted molar refractivity (Wildman–Crippen MR) is 134 cm³/mol. The maximum absolute atomic E-state index is 14.1. The third kappa shape index (κ3) is 3.97. The lowest BCUT2D eigenvalue weighted by Crippen LogP contribution is -2.54. The van der Waals surface area contributed by atoms with Crippen LogP contribution in [-0.4, -0.2) is 58.6 Å². The Kier molecular flexibility index (Phi) is 6.76. The molecule has 0 saturated carbocycles. The molecule has 1 spiro atoms. The van der Waals surface area contributed by atoms with E-state index in [1.165, 1.54) is 4.90 Å². The summed E-state index contributed by atoms with van der Waals surface area (Å²) in [6, 6.07) is 14.1. The average Bonchev–Trinajstić information content (AvgIpc) is 3.53. The SMILES string of the molecule is CCCNC(=O)[C@@H]1[C@H]2C(=O)N([C@H](CO)c3ccccc3)C(C(=O)Nc3ccc(Cl)cc3)C23CC[C@H]1O3. The van der Waals surface area contributed by atoms with Gasteiger partial charge in [-0.3, -0.25) is 14.4 Å². The molecule has 2 aromatic rings. The summed E-state index contributed by atoms with van der Waals surface area (Å²) in [5, 5.41) is 16.8. The lowest BCUT2D eigenvalue weighted by atomic mass is 9.70. The van der Waals surface area contributed by atoms with Gasteiger partial charge in [-0.15, -0.1) is 0 Å². The summed E-state index contributed by atoms with van der Waals surface area (Å²) >= 11 is 6.00. The number of ether oxygens (including phenoxy) is 1. The molecule has 0 radical (unpaired) electrons. The van der Waals surface area contributed by atoms with Crippen LogP contribution in [0.3, 0.4) is 0 Å². The van der Waals surface area contributed by atoms with Gasteiger partial charge in [0.25, 0.3) is 0 Å². The molecule has 9 heteroatoms. The molecule has 5 rings (SSSR count). The maximum Gasteiger partial charge on any atom is 0.250 e. The smallest absolute Gasteiger partial charge is 0.250 e. The van der Waals surface area contributed by atoms with Crippen molar-refractivity contribution in [2.75, 3.05) is 18.5 Å². The standard InChI is InChI=1S/C27H30ClN3O5/c1-2-14-29-24(33)21-20-12-13-27(36-20)22(21)26(35)31(19(15-32)16-6-4-3-5-7-16)23(27)25(34)30-18-10-8-17(28)9-11-18/h3-11,19-23,32H,2,12-15H2,1H3,(H,29,33)(H,30,34)/t19-,20-,21+,22+,23?,27?/m1/s1. The fourth-order valence-electron chi connectivity index (χ4n) is 6.17. The van der Waals surface area contributed by atoms with Crippen LogP contribution in [0.2, 0.25) is 5.02 Å². The van der Waals surface area contributed by atoms with Crippen LogP contribution in [0.15, 0.2) is 54.6 Å². The third-order valence-corrected chi connectivity index (χ3v) is 7.90. The van der Waals surface area contributed by atoms with Gasteiger partial charge in [0.15, 0.2) is 0 Å². The van der Waals surface area contributed by atoms with Crippen LogP contribution < -0.4 is 10.6 Å². The number of carbonyl (C=O) groups excluding carboxylic acids is 3. The first kappa shape index (κ1) is 24.7. The summed E-state index contributed by atoms with van der Waals surface area (Å²) in [5.41, 5.74) is 0.0894. The molecule has 2 unspecified atom stereocenters. The highest BCUT2D eigenvalue weighted by Crippen LogP contribution is 2.59. The van der Waals surface area contributed by atoms with Crippen molar-refractivity contribution in [1.29, 1.82) is 0 Å². The summed E-state index contributed by atoms with van der Waals surface area (Å²) in [4.78, 5) is 42.6. The summed E-state index contributed by atoms with van der Waals surface area (Å²) < 4.78 is 6.43. The Bertz CT molecular complexity index is 1140. The first-order chi connectivity index (χ1) is 17.4. The van der Waals surface area contributed by atoms with Crippen molar-refractivity contribution >= 4 is 35.0 Å². The molecule has 3 aliphatic heterocycles.